The summed E-state index contributed by atoms with van der Waals surface area (Å²) in [5.41, 5.74) is 8.31. The summed E-state index contributed by atoms with van der Waals surface area (Å²) in [6, 6.07) is 16.5. The Morgan fingerprint density at radius 1 is 1.08 bits per heavy atom. The lowest BCUT2D eigenvalue weighted by Crippen LogP contribution is -2.17. The van der Waals surface area contributed by atoms with Crippen molar-refractivity contribution < 1.29 is 9.59 Å². The zero-order valence-corrected chi connectivity index (χ0v) is 15.7. The van der Waals surface area contributed by atoms with Gasteiger partial charge in [0.05, 0.1) is 5.56 Å². The van der Waals surface area contributed by atoms with Gasteiger partial charge in [0.1, 0.15) is 5.00 Å². The first kappa shape index (κ1) is 18.2. The van der Waals surface area contributed by atoms with E-state index in [0.717, 1.165) is 16.0 Å². The van der Waals surface area contributed by atoms with E-state index in [1.807, 2.05) is 37.3 Å². The number of halogens is 1. The number of nitrogens with two attached hydrogens (primary N) is 1. The van der Waals surface area contributed by atoms with Crippen molar-refractivity contribution in [3.63, 3.8) is 0 Å². The molecule has 0 spiro atoms. The van der Waals surface area contributed by atoms with Crippen molar-refractivity contribution in [3.05, 3.63) is 86.8 Å². The lowest BCUT2D eigenvalue weighted by molar-refractivity contribution is 0.100. The summed E-state index contributed by atoms with van der Waals surface area (Å²) in [5, 5.41) is 3.84. The monoisotopic (exact) mass is 384 g/mol. The molecule has 3 rings (SSSR count). The number of nitrogens with one attached hydrogen (secondary N) is 1. The molecule has 0 saturated heterocycles. The maximum absolute atomic E-state index is 12.5. The van der Waals surface area contributed by atoms with E-state index in [9.17, 15) is 9.59 Å². The third-order valence-electron chi connectivity index (χ3n) is 4.03. The predicted molar refractivity (Wildman–Crippen MR) is 106 cm³/mol. The van der Waals surface area contributed by atoms with Crippen LogP contribution in [-0.4, -0.2) is 11.8 Å². The van der Waals surface area contributed by atoms with Gasteiger partial charge in [-0.05, 0) is 42.3 Å². The normalized spacial score (nSPS) is 10.5. The van der Waals surface area contributed by atoms with Crippen LogP contribution in [0.2, 0.25) is 5.02 Å². The summed E-state index contributed by atoms with van der Waals surface area (Å²) < 4.78 is 0. The molecule has 2 amide bonds. The van der Waals surface area contributed by atoms with Gasteiger partial charge < -0.3 is 11.1 Å². The second kappa shape index (κ2) is 7.72. The molecular formula is C20H17ClN2O2S. The van der Waals surface area contributed by atoms with Crippen LogP contribution >= 0.6 is 22.9 Å². The molecular weight excluding hydrogens is 368 g/mol. The number of carbonyl (C=O) groups excluding carboxylic acids is 2. The van der Waals surface area contributed by atoms with Crippen LogP contribution in [0.25, 0.3) is 0 Å². The molecule has 4 nitrogen and oxygen atoms in total. The van der Waals surface area contributed by atoms with E-state index in [0.29, 0.717) is 27.6 Å². The number of rotatable bonds is 5. The number of thiophene rings is 1. The highest BCUT2D eigenvalue weighted by atomic mass is 35.5. The van der Waals surface area contributed by atoms with Gasteiger partial charge in [-0.1, -0.05) is 41.9 Å². The molecule has 0 radical (unpaired) electrons. The van der Waals surface area contributed by atoms with Gasteiger partial charge in [-0.15, -0.1) is 11.3 Å². The van der Waals surface area contributed by atoms with Crippen molar-refractivity contribution >= 4 is 39.8 Å². The number of amides is 2. The fourth-order valence-corrected chi connectivity index (χ4v) is 4.04. The van der Waals surface area contributed by atoms with Gasteiger partial charge in [-0.3, -0.25) is 9.59 Å². The van der Waals surface area contributed by atoms with Gasteiger partial charge >= 0.3 is 0 Å². The Balaban J connectivity index is 1.90. The van der Waals surface area contributed by atoms with Gasteiger partial charge in [0.2, 0.25) is 0 Å². The van der Waals surface area contributed by atoms with E-state index in [-0.39, 0.29) is 5.91 Å². The molecule has 1 aromatic heterocycles. The van der Waals surface area contributed by atoms with Crippen molar-refractivity contribution in [1.29, 1.82) is 0 Å². The molecule has 3 aromatic rings. The first-order valence-electron chi connectivity index (χ1n) is 7.98. The minimum Gasteiger partial charge on any atom is -0.365 e. The van der Waals surface area contributed by atoms with Crippen LogP contribution in [0.4, 0.5) is 5.00 Å². The average molecular weight is 385 g/mol. The summed E-state index contributed by atoms with van der Waals surface area (Å²) in [7, 11) is 0. The maximum atomic E-state index is 12.5. The van der Waals surface area contributed by atoms with E-state index < -0.39 is 5.91 Å². The van der Waals surface area contributed by atoms with Crippen LogP contribution in [-0.2, 0) is 6.42 Å². The van der Waals surface area contributed by atoms with Gasteiger partial charge in [0, 0.05) is 21.9 Å². The van der Waals surface area contributed by atoms with Crippen LogP contribution in [0.3, 0.4) is 0 Å². The van der Waals surface area contributed by atoms with Crippen LogP contribution < -0.4 is 11.1 Å². The number of hydrogen-bond donors (Lipinski definition) is 2. The average Bonchev–Trinajstić information content (AvgIpc) is 2.91. The molecule has 6 heteroatoms. The van der Waals surface area contributed by atoms with Crippen LogP contribution in [0, 0.1) is 6.92 Å². The molecule has 0 aliphatic rings. The Bertz CT molecular complexity index is 950. The van der Waals surface area contributed by atoms with E-state index in [1.54, 1.807) is 24.3 Å². The Morgan fingerprint density at radius 2 is 1.73 bits per heavy atom. The van der Waals surface area contributed by atoms with Crippen LogP contribution in [0.5, 0.6) is 0 Å². The summed E-state index contributed by atoms with van der Waals surface area (Å²) in [6.07, 6.45) is 0.675. The lowest BCUT2D eigenvalue weighted by Gasteiger charge is -2.05. The Labute approximate surface area is 160 Å². The topological polar surface area (TPSA) is 72.2 Å². The second-order valence-electron chi connectivity index (χ2n) is 5.84. The third-order valence-corrected chi connectivity index (χ3v) is 5.49. The van der Waals surface area contributed by atoms with E-state index in [2.05, 4.69) is 5.32 Å². The number of carbonyl (C=O) groups is 2. The van der Waals surface area contributed by atoms with Crippen molar-refractivity contribution in [1.82, 2.24) is 0 Å². The zero-order valence-electron chi connectivity index (χ0n) is 14.1. The van der Waals surface area contributed by atoms with Gasteiger partial charge in [0.25, 0.3) is 11.8 Å². The minimum atomic E-state index is -0.551. The molecule has 3 N–H and O–H groups in total. The van der Waals surface area contributed by atoms with Crippen LogP contribution in [0.15, 0.2) is 54.6 Å². The SMILES string of the molecule is Cc1c(Cc2ccccc2)sc(NC(=O)c2ccc(Cl)cc2)c1C(N)=O. The van der Waals surface area contributed by atoms with Crippen molar-refractivity contribution in [2.45, 2.75) is 13.3 Å². The standard InChI is InChI=1S/C20H17ClN2O2S/c1-12-16(11-13-5-3-2-4-6-13)26-20(17(12)18(22)24)23-19(25)14-7-9-15(21)10-8-14/h2-10H,11H2,1H3,(H2,22,24)(H,23,25). The van der Waals surface area contributed by atoms with E-state index >= 15 is 0 Å². The number of benzene rings is 2. The lowest BCUT2D eigenvalue weighted by atomic mass is 10.1. The molecule has 0 unspecified atom stereocenters. The quantitative estimate of drug-likeness (QED) is 0.671. The van der Waals surface area contributed by atoms with Gasteiger partial charge in [-0.25, -0.2) is 0 Å². The Hall–Kier alpha value is -2.63. The summed E-state index contributed by atoms with van der Waals surface area (Å²) in [4.78, 5) is 25.4. The first-order chi connectivity index (χ1) is 12.5. The molecule has 0 fully saturated rings. The molecule has 132 valence electrons. The predicted octanol–water partition coefficient (Wildman–Crippen LogP) is 4.65. The Kier molecular flexibility index (Phi) is 5.40. The highest BCUT2D eigenvalue weighted by Gasteiger charge is 2.21. The third kappa shape index (κ3) is 3.95. The van der Waals surface area contributed by atoms with Crippen molar-refractivity contribution in [3.8, 4) is 0 Å². The summed E-state index contributed by atoms with van der Waals surface area (Å²) in [6.45, 7) is 1.85. The molecule has 26 heavy (non-hydrogen) atoms. The number of hydrogen-bond acceptors (Lipinski definition) is 3. The Morgan fingerprint density at radius 3 is 2.35 bits per heavy atom. The van der Waals surface area contributed by atoms with Crippen molar-refractivity contribution in [2.75, 3.05) is 5.32 Å². The van der Waals surface area contributed by atoms with Crippen molar-refractivity contribution in [2.24, 2.45) is 5.73 Å². The molecule has 0 atom stereocenters. The van der Waals surface area contributed by atoms with E-state index in [4.69, 9.17) is 17.3 Å². The molecule has 0 aliphatic carbocycles. The van der Waals surface area contributed by atoms with E-state index in [1.165, 1.54) is 11.3 Å². The highest BCUT2D eigenvalue weighted by Crippen LogP contribution is 2.34. The molecule has 0 aliphatic heterocycles. The summed E-state index contributed by atoms with van der Waals surface area (Å²) in [5.74, 6) is -0.860. The second-order valence-corrected chi connectivity index (χ2v) is 7.38. The molecule has 0 saturated carbocycles. The highest BCUT2D eigenvalue weighted by molar-refractivity contribution is 7.17. The minimum absolute atomic E-state index is 0.309. The fraction of sp³-hybridized carbons (Fsp3) is 0.100. The zero-order chi connectivity index (χ0) is 18.7. The van der Waals surface area contributed by atoms with Crippen LogP contribution in [0.1, 0.15) is 36.7 Å². The largest absolute Gasteiger partial charge is 0.365 e. The fourth-order valence-electron chi connectivity index (χ4n) is 2.67. The maximum Gasteiger partial charge on any atom is 0.256 e. The first-order valence-corrected chi connectivity index (χ1v) is 9.18. The summed E-state index contributed by atoms with van der Waals surface area (Å²) >= 11 is 7.23. The van der Waals surface area contributed by atoms with Gasteiger partial charge in [0.15, 0.2) is 0 Å². The van der Waals surface area contributed by atoms with Gasteiger partial charge in [-0.2, -0.15) is 0 Å². The smallest absolute Gasteiger partial charge is 0.256 e. The number of anilines is 1. The molecule has 2 aromatic carbocycles. The molecule has 1 heterocycles. The molecule has 0 bridgehead atoms. The number of primary amides is 1.